The molecule has 4 nitrogen and oxygen atoms in total. The van der Waals surface area contributed by atoms with Crippen LogP contribution in [0, 0.1) is 5.82 Å². The third-order valence-electron chi connectivity index (χ3n) is 7.44. The second-order valence-electron chi connectivity index (χ2n) is 8.83. The molecule has 2 aliphatic heterocycles. The van der Waals surface area contributed by atoms with Crippen molar-refractivity contribution in [2.45, 2.75) is 63.0 Å². The van der Waals surface area contributed by atoms with E-state index in [1.54, 1.807) is 12.1 Å². The standard InChI is InChI=1S/C23H31FN2O2/c1-2-6-22(26-11-14-27-15-12-26)7-9-23(10-8-22)21-18(5-13-28-23)19-16-17(24)3-4-20(19)25-21/h3-4,16,25H,2,5-15H2,1H3. The Hall–Kier alpha value is -1.43. The van der Waals surface area contributed by atoms with Gasteiger partial charge in [0.15, 0.2) is 0 Å². The lowest BCUT2D eigenvalue weighted by Gasteiger charge is -2.53. The molecule has 1 N–H and O–H groups in total. The molecule has 0 radical (unpaired) electrons. The summed E-state index contributed by atoms with van der Waals surface area (Å²) in [6.07, 6.45) is 7.70. The zero-order valence-electron chi connectivity index (χ0n) is 16.9. The van der Waals surface area contributed by atoms with Crippen LogP contribution in [-0.4, -0.2) is 48.3 Å². The van der Waals surface area contributed by atoms with Crippen LogP contribution in [0.15, 0.2) is 18.2 Å². The number of benzene rings is 1. The Balaban J connectivity index is 1.46. The summed E-state index contributed by atoms with van der Waals surface area (Å²) in [7, 11) is 0. The van der Waals surface area contributed by atoms with Gasteiger partial charge in [0.05, 0.1) is 25.5 Å². The molecule has 28 heavy (non-hydrogen) atoms. The first-order valence-corrected chi connectivity index (χ1v) is 10.9. The minimum Gasteiger partial charge on any atom is -0.379 e. The summed E-state index contributed by atoms with van der Waals surface area (Å²) in [6.45, 7) is 6.83. The molecule has 0 atom stereocenters. The van der Waals surface area contributed by atoms with Crippen molar-refractivity contribution in [1.29, 1.82) is 0 Å². The molecule has 5 heteroatoms. The van der Waals surface area contributed by atoms with Gasteiger partial charge in [-0.1, -0.05) is 13.3 Å². The predicted octanol–water partition coefficient (Wildman–Crippen LogP) is 4.52. The van der Waals surface area contributed by atoms with E-state index >= 15 is 0 Å². The highest BCUT2D eigenvalue weighted by Gasteiger charge is 2.49. The number of H-pyrrole nitrogens is 1. The average molecular weight is 387 g/mol. The topological polar surface area (TPSA) is 37.5 Å². The highest BCUT2D eigenvalue weighted by atomic mass is 19.1. The summed E-state index contributed by atoms with van der Waals surface area (Å²) in [4.78, 5) is 6.31. The number of fused-ring (bicyclic) bond motifs is 4. The Morgan fingerprint density at radius 1 is 1.11 bits per heavy atom. The van der Waals surface area contributed by atoms with E-state index in [1.165, 1.54) is 24.1 Å². The van der Waals surface area contributed by atoms with Crippen LogP contribution in [0.4, 0.5) is 4.39 Å². The van der Waals surface area contributed by atoms with Crippen LogP contribution >= 0.6 is 0 Å². The van der Waals surface area contributed by atoms with Gasteiger partial charge in [0.25, 0.3) is 0 Å². The van der Waals surface area contributed by atoms with Gasteiger partial charge in [-0.3, -0.25) is 4.90 Å². The number of nitrogens with zero attached hydrogens (tertiary/aromatic N) is 1. The number of halogens is 1. The van der Waals surface area contributed by atoms with Gasteiger partial charge in [-0.15, -0.1) is 0 Å². The summed E-state index contributed by atoms with van der Waals surface area (Å²) in [5, 5.41) is 1.04. The van der Waals surface area contributed by atoms with Gasteiger partial charge in [-0.25, -0.2) is 4.39 Å². The second-order valence-corrected chi connectivity index (χ2v) is 8.83. The van der Waals surface area contributed by atoms with Crippen molar-refractivity contribution < 1.29 is 13.9 Å². The summed E-state index contributed by atoms with van der Waals surface area (Å²) in [5.74, 6) is -0.159. The van der Waals surface area contributed by atoms with Crippen LogP contribution in [0.5, 0.6) is 0 Å². The molecule has 1 aliphatic carbocycles. The molecule has 3 heterocycles. The van der Waals surface area contributed by atoms with E-state index in [0.29, 0.717) is 0 Å². The number of aromatic amines is 1. The smallest absolute Gasteiger partial charge is 0.123 e. The summed E-state index contributed by atoms with van der Waals surface area (Å²) >= 11 is 0. The van der Waals surface area contributed by atoms with Crippen LogP contribution in [0.25, 0.3) is 10.9 Å². The summed E-state index contributed by atoms with van der Waals surface area (Å²) < 4.78 is 25.9. The van der Waals surface area contributed by atoms with Crippen LogP contribution in [-0.2, 0) is 21.5 Å². The number of rotatable bonds is 3. The van der Waals surface area contributed by atoms with Crippen molar-refractivity contribution >= 4 is 10.9 Å². The lowest BCUT2D eigenvalue weighted by Crippen LogP contribution is -2.57. The molecule has 0 unspecified atom stereocenters. The minimum absolute atomic E-state index is 0.159. The molecule has 5 rings (SSSR count). The SMILES string of the molecule is CCCC1(N2CCOCC2)CCC2(CC1)OCCc1c2[nH]c2ccc(F)cc12. The zero-order valence-corrected chi connectivity index (χ0v) is 16.9. The second kappa shape index (κ2) is 7.12. The van der Waals surface area contributed by atoms with E-state index < -0.39 is 0 Å². The largest absolute Gasteiger partial charge is 0.379 e. The first kappa shape index (κ1) is 18.6. The lowest BCUT2D eigenvalue weighted by atomic mass is 9.68. The van der Waals surface area contributed by atoms with E-state index in [2.05, 4.69) is 16.8 Å². The predicted molar refractivity (Wildman–Crippen MR) is 108 cm³/mol. The maximum absolute atomic E-state index is 13.8. The summed E-state index contributed by atoms with van der Waals surface area (Å²) in [5.41, 5.74) is 3.58. The molecule has 0 bridgehead atoms. The van der Waals surface area contributed by atoms with Crippen LogP contribution in [0.1, 0.15) is 56.7 Å². The van der Waals surface area contributed by atoms with E-state index in [-0.39, 0.29) is 17.0 Å². The van der Waals surface area contributed by atoms with Crippen LogP contribution in [0.2, 0.25) is 0 Å². The Labute approximate surface area is 166 Å². The number of nitrogens with one attached hydrogen (secondary N) is 1. The van der Waals surface area contributed by atoms with Gasteiger partial charge in [0, 0.05) is 29.5 Å². The van der Waals surface area contributed by atoms with Gasteiger partial charge in [-0.05, 0) is 62.3 Å². The quantitative estimate of drug-likeness (QED) is 0.843. The normalized spacial score (nSPS) is 31.4. The minimum atomic E-state index is -0.230. The summed E-state index contributed by atoms with van der Waals surface area (Å²) in [6, 6.07) is 5.10. The average Bonchev–Trinajstić information content (AvgIpc) is 3.10. The third kappa shape index (κ3) is 2.90. The molecule has 1 aromatic carbocycles. The number of aromatic nitrogens is 1. The first-order chi connectivity index (χ1) is 13.7. The zero-order chi connectivity index (χ0) is 19.2. The Morgan fingerprint density at radius 2 is 1.89 bits per heavy atom. The van der Waals surface area contributed by atoms with Crippen molar-refractivity contribution in [2.75, 3.05) is 32.9 Å². The van der Waals surface area contributed by atoms with Gasteiger partial charge in [0.1, 0.15) is 11.4 Å². The van der Waals surface area contributed by atoms with Crippen molar-refractivity contribution in [3.05, 3.63) is 35.3 Å². The van der Waals surface area contributed by atoms with Crippen LogP contribution < -0.4 is 0 Å². The molecule has 0 amide bonds. The maximum Gasteiger partial charge on any atom is 0.123 e. The van der Waals surface area contributed by atoms with Gasteiger partial charge >= 0.3 is 0 Å². The van der Waals surface area contributed by atoms with E-state index in [9.17, 15) is 4.39 Å². The number of ether oxygens (including phenoxy) is 2. The van der Waals surface area contributed by atoms with Crippen molar-refractivity contribution in [2.24, 2.45) is 0 Å². The molecule has 2 aromatic rings. The number of hydrogen-bond acceptors (Lipinski definition) is 3. The first-order valence-electron chi connectivity index (χ1n) is 10.9. The van der Waals surface area contributed by atoms with Gasteiger partial charge in [0.2, 0.25) is 0 Å². The molecule has 3 aliphatic rings. The lowest BCUT2D eigenvalue weighted by molar-refractivity contribution is -0.127. The maximum atomic E-state index is 13.8. The third-order valence-corrected chi connectivity index (χ3v) is 7.44. The highest BCUT2D eigenvalue weighted by Crippen LogP contribution is 2.51. The van der Waals surface area contributed by atoms with Crippen LogP contribution in [0.3, 0.4) is 0 Å². The molecule has 1 saturated carbocycles. The van der Waals surface area contributed by atoms with E-state index in [1.807, 2.05) is 6.07 Å². The molecule has 152 valence electrons. The molecule has 1 aromatic heterocycles. The molecule has 1 saturated heterocycles. The monoisotopic (exact) mass is 386 g/mol. The Morgan fingerprint density at radius 3 is 2.64 bits per heavy atom. The highest BCUT2D eigenvalue weighted by molar-refractivity contribution is 5.85. The van der Waals surface area contributed by atoms with E-state index in [0.717, 1.165) is 75.9 Å². The molecule has 2 fully saturated rings. The Bertz CT molecular complexity index is 848. The number of hydrogen-bond donors (Lipinski definition) is 1. The van der Waals surface area contributed by atoms with Crippen molar-refractivity contribution in [3.63, 3.8) is 0 Å². The van der Waals surface area contributed by atoms with Gasteiger partial charge in [-0.2, -0.15) is 0 Å². The van der Waals surface area contributed by atoms with Crippen molar-refractivity contribution in [3.8, 4) is 0 Å². The fourth-order valence-electron chi connectivity index (χ4n) is 6.03. The number of morpholine rings is 1. The fraction of sp³-hybridized carbons (Fsp3) is 0.652. The van der Waals surface area contributed by atoms with Gasteiger partial charge < -0.3 is 14.5 Å². The molecule has 1 spiro atoms. The Kier molecular flexibility index (Phi) is 4.73. The van der Waals surface area contributed by atoms with E-state index in [4.69, 9.17) is 9.47 Å². The molecular weight excluding hydrogens is 355 g/mol. The van der Waals surface area contributed by atoms with Crippen molar-refractivity contribution in [1.82, 2.24) is 9.88 Å². The fourth-order valence-corrected chi connectivity index (χ4v) is 6.03. The molecular formula is C23H31FN2O2.